The molecule has 1 aliphatic rings. The first-order valence-electron chi connectivity index (χ1n) is 6.76. The summed E-state index contributed by atoms with van der Waals surface area (Å²) >= 11 is 4.79. The van der Waals surface area contributed by atoms with Crippen LogP contribution in [0.25, 0.3) is 0 Å². The first-order valence-corrected chi connectivity index (χ1v) is 8.43. The molecule has 0 atom stereocenters. The van der Waals surface area contributed by atoms with E-state index in [0.717, 1.165) is 10.9 Å². The van der Waals surface area contributed by atoms with Crippen LogP contribution in [0.3, 0.4) is 0 Å². The molecule has 1 amide bonds. The first kappa shape index (κ1) is 15.5. The van der Waals surface area contributed by atoms with Crippen molar-refractivity contribution in [2.45, 2.75) is 32.6 Å². The summed E-state index contributed by atoms with van der Waals surface area (Å²) in [6, 6.07) is 1.86. The van der Waals surface area contributed by atoms with E-state index in [1.54, 1.807) is 4.90 Å². The number of rotatable bonds is 4. The molecule has 0 spiro atoms. The number of carboxylic acids is 1. The van der Waals surface area contributed by atoms with Crippen LogP contribution in [0.5, 0.6) is 0 Å². The summed E-state index contributed by atoms with van der Waals surface area (Å²) in [6.07, 6.45) is 2.64. The smallest absolute Gasteiger partial charge is 0.309 e. The Morgan fingerprint density at radius 2 is 2.10 bits per heavy atom. The van der Waals surface area contributed by atoms with Crippen molar-refractivity contribution in [1.29, 1.82) is 0 Å². The highest BCUT2D eigenvalue weighted by atomic mass is 79.9. The summed E-state index contributed by atoms with van der Waals surface area (Å²) in [5.74, 6) is -0.717. The van der Waals surface area contributed by atoms with E-state index in [9.17, 15) is 14.7 Å². The predicted octanol–water partition coefficient (Wildman–Crippen LogP) is 3.62. The van der Waals surface area contributed by atoms with Crippen LogP contribution in [0.2, 0.25) is 0 Å². The number of carbonyl (C=O) groups is 2. The Kier molecular flexibility index (Phi) is 4.86. The predicted molar refractivity (Wildman–Crippen MR) is 82.1 cm³/mol. The molecule has 1 saturated heterocycles. The molecule has 4 nitrogen and oxygen atoms in total. The number of thiophene rings is 1. The summed E-state index contributed by atoms with van der Waals surface area (Å²) in [4.78, 5) is 26.4. The van der Waals surface area contributed by atoms with Crippen molar-refractivity contribution >= 4 is 39.1 Å². The van der Waals surface area contributed by atoms with Gasteiger partial charge in [-0.15, -0.1) is 11.3 Å². The summed E-state index contributed by atoms with van der Waals surface area (Å²) in [6.45, 7) is 3.05. The monoisotopic (exact) mass is 359 g/mol. The maximum Gasteiger partial charge on any atom is 0.309 e. The van der Waals surface area contributed by atoms with Crippen molar-refractivity contribution in [3.63, 3.8) is 0 Å². The number of carbonyl (C=O) groups excluding carboxylic acids is 1. The SMILES string of the molecule is CCCC1(C(=O)O)CCN(C(=O)c2sccc2Br)CC1. The maximum absolute atomic E-state index is 12.4. The number of halogens is 1. The zero-order valence-electron chi connectivity index (χ0n) is 11.4. The average molecular weight is 360 g/mol. The van der Waals surface area contributed by atoms with Crippen LogP contribution in [-0.2, 0) is 4.79 Å². The molecule has 1 aromatic heterocycles. The number of hydrogen-bond donors (Lipinski definition) is 1. The fourth-order valence-corrected chi connectivity index (χ4v) is 4.28. The molecular formula is C14H18BrNO3S. The van der Waals surface area contributed by atoms with Crippen molar-refractivity contribution in [2.75, 3.05) is 13.1 Å². The third-order valence-electron chi connectivity index (χ3n) is 4.00. The van der Waals surface area contributed by atoms with Gasteiger partial charge in [0.2, 0.25) is 0 Å². The fraction of sp³-hybridized carbons (Fsp3) is 0.571. The van der Waals surface area contributed by atoms with Gasteiger partial charge in [0.15, 0.2) is 0 Å². The standard InChI is InChI=1S/C14H18BrNO3S/c1-2-4-14(13(18)19)5-7-16(8-6-14)12(17)11-10(15)3-9-20-11/h3,9H,2,4-8H2,1H3,(H,18,19). The minimum atomic E-state index is -0.719. The van der Waals surface area contributed by atoms with Crippen LogP contribution < -0.4 is 0 Å². The second kappa shape index (κ2) is 6.26. The Balaban J connectivity index is 2.05. The van der Waals surface area contributed by atoms with Gasteiger partial charge in [0.25, 0.3) is 5.91 Å². The highest BCUT2D eigenvalue weighted by molar-refractivity contribution is 9.10. The number of aliphatic carboxylic acids is 1. The zero-order chi connectivity index (χ0) is 14.8. The van der Waals surface area contributed by atoms with E-state index in [0.29, 0.717) is 37.2 Å². The van der Waals surface area contributed by atoms with Crippen molar-refractivity contribution in [2.24, 2.45) is 5.41 Å². The lowest BCUT2D eigenvalue weighted by atomic mass is 9.75. The highest BCUT2D eigenvalue weighted by Crippen LogP contribution is 2.37. The van der Waals surface area contributed by atoms with E-state index in [2.05, 4.69) is 15.9 Å². The summed E-state index contributed by atoms with van der Waals surface area (Å²) in [7, 11) is 0. The molecule has 20 heavy (non-hydrogen) atoms. The third-order valence-corrected chi connectivity index (χ3v) is 5.83. The molecule has 2 rings (SSSR count). The van der Waals surface area contributed by atoms with Gasteiger partial charge in [0, 0.05) is 17.6 Å². The lowest BCUT2D eigenvalue weighted by molar-refractivity contribution is -0.152. The zero-order valence-corrected chi connectivity index (χ0v) is 13.8. The quantitative estimate of drug-likeness (QED) is 0.892. The van der Waals surface area contributed by atoms with Crippen LogP contribution >= 0.6 is 27.3 Å². The lowest BCUT2D eigenvalue weighted by Gasteiger charge is -2.38. The van der Waals surface area contributed by atoms with Gasteiger partial charge in [0.05, 0.1) is 5.41 Å². The van der Waals surface area contributed by atoms with Crippen molar-refractivity contribution < 1.29 is 14.7 Å². The molecule has 110 valence electrons. The summed E-state index contributed by atoms with van der Waals surface area (Å²) < 4.78 is 0.816. The Morgan fingerprint density at radius 1 is 1.45 bits per heavy atom. The molecule has 0 saturated carbocycles. The Hall–Kier alpha value is -0.880. The van der Waals surface area contributed by atoms with Gasteiger partial charge in [-0.1, -0.05) is 13.3 Å². The van der Waals surface area contributed by atoms with Gasteiger partial charge in [-0.2, -0.15) is 0 Å². The number of carboxylic acid groups (broad SMARTS) is 1. The molecule has 2 heterocycles. The van der Waals surface area contributed by atoms with Crippen LogP contribution in [0, 0.1) is 5.41 Å². The maximum atomic E-state index is 12.4. The second-order valence-corrected chi connectivity index (χ2v) is 7.00. The van der Waals surface area contributed by atoms with Gasteiger partial charge in [-0.3, -0.25) is 9.59 Å². The Bertz CT molecular complexity index is 506. The Morgan fingerprint density at radius 3 is 2.55 bits per heavy atom. The number of amides is 1. The second-order valence-electron chi connectivity index (χ2n) is 5.23. The normalized spacial score (nSPS) is 18.0. The fourth-order valence-electron chi connectivity index (χ4n) is 2.78. The van der Waals surface area contributed by atoms with Crippen molar-refractivity contribution in [1.82, 2.24) is 4.90 Å². The molecular weight excluding hydrogens is 342 g/mol. The van der Waals surface area contributed by atoms with Crippen molar-refractivity contribution in [3.8, 4) is 0 Å². The Labute approximate surface area is 130 Å². The van der Waals surface area contributed by atoms with E-state index < -0.39 is 11.4 Å². The lowest BCUT2D eigenvalue weighted by Crippen LogP contribution is -2.46. The topological polar surface area (TPSA) is 57.6 Å². The third kappa shape index (κ3) is 2.91. The van der Waals surface area contributed by atoms with E-state index in [-0.39, 0.29) is 5.91 Å². The van der Waals surface area contributed by atoms with E-state index in [1.165, 1.54) is 11.3 Å². The molecule has 0 unspecified atom stereocenters. The molecule has 6 heteroatoms. The highest BCUT2D eigenvalue weighted by Gasteiger charge is 2.41. The number of likely N-dealkylation sites (tertiary alicyclic amines) is 1. The van der Waals surface area contributed by atoms with E-state index in [4.69, 9.17) is 0 Å². The number of nitrogens with zero attached hydrogens (tertiary/aromatic N) is 1. The molecule has 0 bridgehead atoms. The van der Waals surface area contributed by atoms with Crippen LogP contribution in [-0.4, -0.2) is 35.0 Å². The minimum absolute atomic E-state index is 0.00219. The summed E-state index contributed by atoms with van der Waals surface area (Å²) in [5, 5.41) is 11.3. The number of hydrogen-bond acceptors (Lipinski definition) is 3. The largest absolute Gasteiger partial charge is 0.481 e. The van der Waals surface area contributed by atoms with Gasteiger partial charge in [-0.25, -0.2) is 0 Å². The van der Waals surface area contributed by atoms with Crippen LogP contribution in [0.1, 0.15) is 42.3 Å². The van der Waals surface area contributed by atoms with E-state index in [1.807, 2.05) is 18.4 Å². The molecule has 1 aliphatic heterocycles. The van der Waals surface area contributed by atoms with E-state index >= 15 is 0 Å². The average Bonchev–Trinajstić information content (AvgIpc) is 2.85. The molecule has 0 aliphatic carbocycles. The first-order chi connectivity index (χ1) is 9.50. The van der Waals surface area contributed by atoms with Gasteiger partial charge < -0.3 is 10.0 Å². The van der Waals surface area contributed by atoms with Crippen LogP contribution in [0.4, 0.5) is 0 Å². The summed E-state index contributed by atoms with van der Waals surface area (Å²) in [5.41, 5.74) is -0.641. The minimum Gasteiger partial charge on any atom is -0.481 e. The number of piperidine rings is 1. The molecule has 1 N–H and O–H groups in total. The van der Waals surface area contributed by atoms with Gasteiger partial charge in [0.1, 0.15) is 4.88 Å². The molecule has 0 radical (unpaired) electrons. The van der Waals surface area contributed by atoms with Gasteiger partial charge >= 0.3 is 5.97 Å². The van der Waals surface area contributed by atoms with Crippen molar-refractivity contribution in [3.05, 3.63) is 20.8 Å². The molecule has 1 aromatic rings. The van der Waals surface area contributed by atoms with Crippen LogP contribution in [0.15, 0.2) is 15.9 Å². The molecule has 1 fully saturated rings. The molecule has 0 aromatic carbocycles. The van der Waals surface area contributed by atoms with Gasteiger partial charge in [-0.05, 0) is 46.6 Å².